The first-order valence-electron chi connectivity index (χ1n) is 12.8. The van der Waals surface area contributed by atoms with E-state index in [1.165, 1.54) is 50.5 Å². The van der Waals surface area contributed by atoms with Crippen molar-refractivity contribution in [3.8, 4) is 0 Å². The van der Waals surface area contributed by atoms with Gasteiger partial charge in [0.2, 0.25) is 0 Å². The van der Waals surface area contributed by atoms with Crippen molar-refractivity contribution < 1.29 is 5.11 Å². The Balaban J connectivity index is 1.44. The van der Waals surface area contributed by atoms with Crippen LogP contribution in [0.15, 0.2) is 53.1 Å². The van der Waals surface area contributed by atoms with Gasteiger partial charge in [-0.15, -0.1) is 0 Å². The average Bonchev–Trinajstić information content (AvgIpc) is 3.09. The molecule has 168 valence electrons. The van der Waals surface area contributed by atoms with Crippen LogP contribution >= 0.6 is 0 Å². The van der Waals surface area contributed by atoms with E-state index in [9.17, 15) is 5.11 Å². The molecule has 0 aliphatic heterocycles. The van der Waals surface area contributed by atoms with Gasteiger partial charge in [-0.05, 0) is 102 Å². The fourth-order valence-corrected chi connectivity index (χ4v) is 8.70. The Kier molecular flexibility index (Phi) is 5.09. The smallest absolute Gasteiger partial charge is 0.0594 e. The lowest BCUT2D eigenvalue weighted by atomic mass is 9.46. The quantitative estimate of drug-likeness (QED) is 0.538. The van der Waals surface area contributed by atoms with Crippen molar-refractivity contribution in [2.75, 3.05) is 0 Å². The van der Waals surface area contributed by atoms with E-state index in [0.29, 0.717) is 17.3 Å². The topological polar surface area (TPSA) is 20.2 Å². The minimum absolute atomic E-state index is 0.0308. The zero-order valence-electron chi connectivity index (χ0n) is 20.4. The van der Waals surface area contributed by atoms with E-state index in [-0.39, 0.29) is 16.9 Å². The lowest BCUT2D eigenvalue weighted by molar-refractivity contribution is -0.0905. The Labute approximate surface area is 190 Å². The molecular formula is C30H42O. The third-order valence-electron chi connectivity index (χ3n) is 10.5. The van der Waals surface area contributed by atoms with Gasteiger partial charge < -0.3 is 5.11 Å². The largest absolute Gasteiger partial charge is 0.393 e. The summed E-state index contributed by atoms with van der Waals surface area (Å²) in [7, 11) is 0. The Hall–Kier alpha value is -1.34. The highest BCUT2D eigenvalue weighted by Crippen LogP contribution is 2.66. The number of hydrogen-bond donors (Lipinski definition) is 1. The summed E-state index contributed by atoms with van der Waals surface area (Å²) in [6, 6.07) is 11.1. The van der Waals surface area contributed by atoms with Crippen LogP contribution in [0.3, 0.4) is 0 Å². The first kappa shape index (κ1) is 21.5. The van der Waals surface area contributed by atoms with Gasteiger partial charge in [0.25, 0.3) is 0 Å². The molecule has 1 aromatic rings. The van der Waals surface area contributed by atoms with Crippen molar-refractivity contribution >= 4 is 0 Å². The van der Waals surface area contributed by atoms with Crippen molar-refractivity contribution in [1.29, 1.82) is 0 Å². The van der Waals surface area contributed by atoms with E-state index in [2.05, 4.69) is 71.0 Å². The summed E-state index contributed by atoms with van der Waals surface area (Å²) >= 11 is 0. The molecule has 0 amide bonds. The molecule has 0 saturated heterocycles. The van der Waals surface area contributed by atoms with Crippen LogP contribution in [0, 0.1) is 34.0 Å². The summed E-state index contributed by atoms with van der Waals surface area (Å²) in [5.74, 6) is 2.08. The molecule has 6 atom stereocenters. The second kappa shape index (κ2) is 7.34. The van der Waals surface area contributed by atoms with E-state index in [1.54, 1.807) is 16.7 Å². The first-order chi connectivity index (χ1) is 14.7. The molecule has 0 radical (unpaired) electrons. The van der Waals surface area contributed by atoms with E-state index in [4.69, 9.17) is 0 Å². The number of benzene rings is 1. The highest BCUT2D eigenvalue weighted by atomic mass is 16.3. The van der Waals surface area contributed by atoms with Crippen LogP contribution in [0.1, 0.15) is 85.1 Å². The van der Waals surface area contributed by atoms with Crippen LogP contribution in [0.2, 0.25) is 0 Å². The highest BCUT2D eigenvalue weighted by Gasteiger charge is 2.57. The molecule has 31 heavy (non-hydrogen) atoms. The summed E-state index contributed by atoms with van der Waals surface area (Å²) in [5.41, 5.74) is 7.40. The number of allylic oxidation sites excluding steroid dienone is 4. The van der Waals surface area contributed by atoms with E-state index >= 15 is 0 Å². The van der Waals surface area contributed by atoms with Gasteiger partial charge in [-0.25, -0.2) is 0 Å². The molecule has 1 aromatic carbocycles. The number of hydrogen-bond acceptors (Lipinski definition) is 1. The average molecular weight is 419 g/mol. The third-order valence-corrected chi connectivity index (χ3v) is 10.5. The second-order valence-corrected chi connectivity index (χ2v) is 12.4. The molecule has 1 nitrogen and oxygen atoms in total. The summed E-state index contributed by atoms with van der Waals surface area (Å²) in [4.78, 5) is 0. The second-order valence-electron chi connectivity index (χ2n) is 12.4. The van der Waals surface area contributed by atoms with Gasteiger partial charge >= 0.3 is 0 Å². The van der Waals surface area contributed by atoms with Gasteiger partial charge in [-0.3, -0.25) is 0 Å². The normalized spacial score (nSPS) is 39.9. The van der Waals surface area contributed by atoms with E-state index in [0.717, 1.165) is 12.3 Å². The molecule has 1 heteroatoms. The predicted molar refractivity (Wildman–Crippen MR) is 130 cm³/mol. The van der Waals surface area contributed by atoms with Crippen molar-refractivity contribution in [1.82, 2.24) is 0 Å². The van der Waals surface area contributed by atoms with Crippen molar-refractivity contribution in [2.45, 2.75) is 92.1 Å². The Bertz CT molecular complexity index is 906. The van der Waals surface area contributed by atoms with Gasteiger partial charge in [0, 0.05) is 0 Å². The zero-order chi connectivity index (χ0) is 22.0. The van der Waals surface area contributed by atoms with Crippen molar-refractivity contribution in [3.05, 3.63) is 58.7 Å². The molecule has 5 rings (SSSR count). The van der Waals surface area contributed by atoms with Crippen molar-refractivity contribution in [3.63, 3.8) is 0 Å². The standard InChI is InChI=1S/C30H42O/c1-20(19-21-9-7-6-8-10-21)23-12-13-24-22-11-14-26-28(2,3)27(31)16-18-30(26,5)25(22)15-17-29(23,24)4/h6-10,13,20,23,26-27,31H,11-12,14-19H2,1-5H3/t20-,23-,26?,27?,29-,30-/m1/s1. The molecule has 4 aliphatic carbocycles. The van der Waals surface area contributed by atoms with Crippen LogP contribution in [0.4, 0.5) is 0 Å². The van der Waals surface area contributed by atoms with Gasteiger partial charge in [0.05, 0.1) is 6.10 Å². The number of fused-ring (bicyclic) bond motifs is 4. The summed E-state index contributed by atoms with van der Waals surface area (Å²) < 4.78 is 0. The van der Waals surface area contributed by atoms with Crippen LogP contribution in [0.5, 0.6) is 0 Å². The molecule has 1 N–H and O–H groups in total. The summed E-state index contributed by atoms with van der Waals surface area (Å²) in [6.45, 7) is 12.3. The summed E-state index contributed by atoms with van der Waals surface area (Å²) in [6.07, 6.45) is 12.1. The van der Waals surface area contributed by atoms with Crippen LogP contribution in [-0.4, -0.2) is 11.2 Å². The number of aliphatic hydroxyl groups is 1. The maximum Gasteiger partial charge on any atom is 0.0594 e. The lowest BCUT2D eigenvalue weighted by Crippen LogP contribution is -2.53. The van der Waals surface area contributed by atoms with E-state index < -0.39 is 0 Å². The van der Waals surface area contributed by atoms with Gasteiger partial charge in [0.15, 0.2) is 0 Å². The Morgan fingerprint density at radius 2 is 1.71 bits per heavy atom. The summed E-state index contributed by atoms with van der Waals surface area (Å²) in [5, 5.41) is 10.8. The Morgan fingerprint density at radius 1 is 0.968 bits per heavy atom. The molecule has 0 aromatic heterocycles. The zero-order valence-corrected chi connectivity index (χ0v) is 20.4. The molecule has 0 spiro atoms. The third kappa shape index (κ3) is 3.13. The molecule has 1 fully saturated rings. The maximum absolute atomic E-state index is 10.8. The molecule has 0 bridgehead atoms. The van der Waals surface area contributed by atoms with Crippen LogP contribution in [-0.2, 0) is 6.42 Å². The highest BCUT2D eigenvalue weighted by molar-refractivity contribution is 5.50. The Morgan fingerprint density at radius 3 is 2.45 bits per heavy atom. The first-order valence-corrected chi connectivity index (χ1v) is 12.8. The van der Waals surface area contributed by atoms with Gasteiger partial charge in [0.1, 0.15) is 0 Å². The molecule has 1 saturated carbocycles. The lowest BCUT2D eigenvalue weighted by Gasteiger charge is -2.59. The number of rotatable bonds is 3. The van der Waals surface area contributed by atoms with Gasteiger partial charge in [-0.2, -0.15) is 0 Å². The molecule has 2 unspecified atom stereocenters. The fourth-order valence-electron chi connectivity index (χ4n) is 8.70. The maximum atomic E-state index is 10.8. The van der Waals surface area contributed by atoms with Gasteiger partial charge in [-0.1, -0.05) is 76.6 Å². The molecular weight excluding hydrogens is 376 g/mol. The minimum Gasteiger partial charge on any atom is -0.393 e. The predicted octanol–water partition coefficient (Wildman–Crippen LogP) is 7.51. The molecule has 4 aliphatic rings. The monoisotopic (exact) mass is 418 g/mol. The van der Waals surface area contributed by atoms with Crippen molar-refractivity contribution in [2.24, 2.45) is 34.0 Å². The van der Waals surface area contributed by atoms with Crippen LogP contribution < -0.4 is 0 Å². The van der Waals surface area contributed by atoms with E-state index in [1.807, 2.05) is 0 Å². The minimum atomic E-state index is -0.143. The molecule has 0 heterocycles. The van der Waals surface area contributed by atoms with Crippen LogP contribution in [0.25, 0.3) is 0 Å². The fraction of sp³-hybridized carbons (Fsp3) is 0.667. The SMILES string of the molecule is C[C@H](Cc1ccccc1)[C@H]1CC=C2C3=C(CC[C@@]21C)[C@@]1(C)CCC(O)C(C)(C)C1CC3. The number of aliphatic hydroxyl groups excluding tert-OH is 1.